The van der Waals surface area contributed by atoms with Gasteiger partial charge in [0.1, 0.15) is 10.9 Å². The first-order valence-corrected chi connectivity index (χ1v) is 7.50. The van der Waals surface area contributed by atoms with Crippen LogP contribution in [0, 0.1) is 12.8 Å². The minimum Gasteiger partial charge on any atom is -0.493 e. The van der Waals surface area contributed by atoms with Crippen LogP contribution in [0.3, 0.4) is 0 Å². The molecule has 0 spiro atoms. The average Bonchev–Trinajstić information content (AvgIpc) is 2.73. The summed E-state index contributed by atoms with van der Waals surface area (Å²) in [5.41, 5.74) is 2.95. The van der Waals surface area contributed by atoms with Gasteiger partial charge in [0.25, 0.3) is 0 Å². The quantitative estimate of drug-likeness (QED) is 0.948. The number of nitrogens with zero attached hydrogens (tertiary/aromatic N) is 2. The van der Waals surface area contributed by atoms with Crippen LogP contribution in [0.1, 0.15) is 16.8 Å². The number of hydrogen-bond donors (Lipinski definition) is 1. The predicted molar refractivity (Wildman–Crippen MR) is 81.8 cm³/mol. The van der Waals surface area contributed by atoms with E-state index in [0.717, 1.165) is 29.0 Å². The Balaban J connectivity index is 1.73. The van der Waals surface area contributed by atoms with Gasteiger partial charge in [-0.3, -0.25) is 4.68 Å². The van der Waals surface area contributed by atoms with Crippen LogP contribution in [-0.4, -0.2) is 27.6 Å². The van der Waals surface area contributed by atoms with Crippen molar-refractivity contribution in [3.8, 4) is 5.75 Å². The summed E-state index contributed by atoms with van der Waals surface area (Å²) in [7, 11) is 1.81. The number of ether oxygens (including phenoxy) is 1. The molecule has 5 heteroatoms. The van der Waals surface area contributed by atoms with Gasteiger partial charge in [-0.05, 0) is 25.0 Å². The zero-order valence-corrected chi connectivity index (χ0v) is 13.0. The molecule has 21 heavy (non-hydrogen) atoms. The fourth-order valence-corrected chi connectivity index (χ4v) is 3.13. The number of aromatic nitrogens is 2. The average molecular weight is 307 g/mol. The number of para-hydroxylation sites is 1. The van der Waals surface area contributed by atoms with Crippen molar-refractivity contribution in [2.24, 2.45) is 13.0 Å². The number of aryl methyl sites for hydroxylation is 2. The minimum atomic E-state index is -0.487. The second-order valence-corrected chi connectivity index (χ2v) is 5.99. The molecule has 1 N–H and O–H groups in total. The second-order valence-electron chi connectivity index (χ2n) is 5.63. The van der Waals surface area contributed by atoms with Gasteiger partial charge in [0, 0.05) is 24.9 Å². The number of fused-ring (bicyclic) bond motifs is 1. The van der Waals surface area contributed by atoms with Crippen LogP contribution in [-0.2, 0) is 19.9 Å². The molecule has 1 aromatic heterocycles. The summed E-state index contributed by atoms with van der Waals surface area (Å²) in [6.07, 6.45) is 0.849. The lowest BCUT2D eigenvalue weighted by atomic mass is 9.89. The Morgan fingerprint density at radius 1 is 1.48 bits per heavy atom. The van der Waals surface area contributed by atoms with Gasteiger partial charge in [0.15, 0.2) is 0 Å². The Bertz CT molecular complexity index is 654. The summed E-state index contributed by atoms with van der Waals surface area (Å²) in [5, 5.41) is 15.4. The third-order valence-electron chi connectivity index (χ3n) is 4.13. The summed E-state index contributed by atoms with van der Waals surface area (Å²) in [5.74, 6) is 1.01. The first kappa shape index (κ1) is 14.4. The molecule has 0 bridgehead atoms. The van der Waals surface area contributed by atoms with Crippen molar-refractivity contribution in [1.29, 1.82) is 0 Å². The Morgan fingerprint density at radius 2 is 2.24 bits per heavy atom. The summed E-state index contributed by atoms with van der Waals surface area (Å²) in [6, 6.07) is 7.99. The van der Waals surface area contributed by atoms with E-state index in [1.807, 2.05) is 32.2 Å². The molecule has 1 aliphatic rings. The van der Waals surface area contributed by atoms with Crippen LogP contribution in [0.15, 0.2) is 24.3 Å². The lowest BCUT2D eigenvalue weighted by Gasteiger charge is -2.28. The van der Waals surface area contributed by atoms with E-state index in [1.54, 1.807) is 4.68 Å². The zero-order valence-electron chi connectivity index (χ0n) is 12.2. The van der Waals surface area contributed by atoms with Crippen molar-refractivity contribution in [2.75, 3.05) is 6.61 Å². The molecule has 1 aromatic carbocycles. The van der Waals surface area contributed by atoms with Gasteiger partial charge in [-0.1, -0.05) is 29.8 Å². The van der Waals surface area contributed by atoms with E-state index in [-0.39, 0.29) is 5.92 Å². The zero-order chi connectivity index (χ0) is 15.0. The fourth-order valence-electron chi connectivity index (χ4n) is 2.88. The Morgan fingerprint density at radius 3 is 2.95 bits per heavy atom. The van der Waals surface area contributed by atoms with Gasteiger partial charge >= 0.3 is 0 Å². The topological polar surface area (TPSA) is 47.3 Å². The smallest absolute Gasteiger partial charge is 0.130 e. The summed E-state index contributed by atoms with van der Waals surface area (Å²) < 4.78 is 7.39. The Hall–Kier alpha value is -1.52. The van der Waals surface area contributed by atoms with Crippen molar-refractivity contribution in [3.05, 3.63) is 46.2 Å². The monoisotopic (exact) mass is 306 g/mol. The maximum Gasteiger partial charge on any atom is 0.130 e. The molecule has 112 valence electrons. The summed E-state index contributed by atoms with van der Waals surface area (Å²) in [4.78, 5) is 0. The minimum absolute atomic E-state index is 0.0792. The van der Waals surface area contributed by atoms with Gasteiger partial charge in [0.05, 0.1) is 18.4 Å². The molecule has 0 amide bonds. The molecular formula is C16H19ClN2O2. The largest absolute Gasteiger partial charge is 0.493 e. The maximum atomic E-state index is 10.5. The molecule has 2 heterocycles. The van der Waals surface area contributed by atoms with Gasteiger partial charge in [-0.15, -0.1) is 0 Å². The number of benzene rings is 1. The normalized spacial score (nSPS) is 19.0. The van der Waals surface area contributed by atoms with Gasteiger partial charge in [-0.2, -0.15) is 5.10 Å². The molecule has 0 radical (unpaired) electrons. The van der Waals surface area contributed by atoms with Crippen LogP contribution in [0.5, 0.6) is 5.75 Å². The number of aliphatic hydroxyl groups is 1. The van der Waals surface area contributed by atoms with Gasteiger partial charge < -0.3 is 9.84 Å². The molecule has 0 fully saturated rings. The van der Waals surface area contributed by atoms with Crippen LogP contribution < -0.4 is 4.74 Å². The molecule has 4 nitrogen and oxygen atoms in total. The van der Waals surface area contributed by atoms with Crippen LogP contribution in [0.4, 0.5) is 0 Å². The summed E-state index contributed by atoms with van der Waals surface area (Å²) >= 11 is 6.24. The molecule has 3 rings (SSSR count). The SMILES string of the molecule is Cc1nn(C)c(Cl)c1CC(O)C1COc2ccccc2C1. The van der Waals surface area contributed by atoms with E-state index in [9.17, 15) is 5.11 Å². The highest BCUT2D eigenvalue weighted by atomic mass is 35.5. The highest BCUT2D eigenvalue weighted by Gasteiger charge is 2.27. The highest BCUT2D eigenvalue weighted by molar-refractivity contribution is 6.30. The molecule has 2 unspecified atom stereocenters. The van der Waals surface area contributed by atoms with Gasteiger partial charge in [-0.25, -0.2) is 0 Å². The number of hydrogen-bond acceptors (Lipinski definition) is 3. The Labute approximate surface area is 129 Å². The maximum absolute atomic E-state index is 10.5. The van der Waals surface area contributed by atoms with E-state index in [4.69, 9.17) is 16.3 Å². The van der Waals surface area contributed by atoms with Crippen LogP contribution >= 0.6 is 11.6 Å². The van der Waals surface area contributed by atoms with E-state index in [2.05, 4.69) is 11.2 Å². The molecule has 0 saturated heterocycles. The van der Waals surface area contributed by atoms with E-state index >= 15 is 0 Å². The summed E-state index contributed by atoms with van der Waals surface area (Å²) in [6.45, 7) is 2.45. The van der Waals surface area contributed by atoms with Crippen molar-refractivity contribution in [2.45, 2.75) is 25.9 Å². The first-order chi connectivity index (χ1) is 10.1. The molecule has 0 saturated carbocycles. The molecule has 2 atom stereocenters. The third-order valence-corrected chi connectivity index (χ3v) is 4.61. The van der Waals surface area contributed by atoms with Crippen LogP contribution in [0.2, 0.25) is 5.15 Å². The molecule has 1 aliphatic heterocycles. The number of halogens is 1. The van der Waals surface area contributed by atoms with Gasteiger partial charge in [0.2, 0.25) is 0 Å². The lowest BCUT2D eigenvalue weighted by molar-refractivity contribution is 0.0651. The van der Waals surface area contributed by atoms with Crippen molar-refractivity contribution < 1.29 is 9.84 Å². The van der Waals surface area contributed by atoms with E-state index in [0.29, 0.717) is 18.2 Å². The second kappa shape index (κ2) is 5.70. The standard InChI is InChI=1S/C16H19ClN2O2/c1-10-13(16(17)19(2)18-10)8-14(20)12-7-11-5-3-4-6-15(11)21-9-12/h3-6,12,14,20H,7-9H2,1-2H3. The molecule has 0 aliphatic carbocycles. The molecular weight excluding hydrogens is 288 g/mol. The highest BCUT2D eigenvalue weighted by Crippen LogP contribution is 2.30. The predicted octanol–water partition coefficient (Wildman–Crippen LogP) is 2.54. The van der Waals surface area contributed by atoms with Crippen LogP contribution in [0.25, 0.3) is 0 Å². The van der Waals surface area contributed by atoms with Crippen molar-refractivity contribution in [1.82, 2.24) is 9.78 Å². The molecule has 2 aromatic rings. The van der Waals surface area contributed by atoms with E-state index in [1.165, 1.54) is 0 Å². The number of rotatable bonds is 3. The van der Waals surface area contributed by atoms with Crippen molar-refractivity contribution >= 4 is 11.6 Å². The first-order valence-electron chi connectivity index (χ1n) is 7.13. The Kier molecular flexibility index (Phi) is 3.91. The van der Waals surface area contributed by atoms with E-state index < -0.39 is 6.10 Å². The fraction of sp³-hybridized carbons (Fsp3) is 0.438. The van der Waals surface area contributed by atoms with Crippen molar-refractivity contribution in [3.63, 3.8) is 0 Å². The number of aliphatic hydroxyl groups excluding tert-OH is 1. The third kappa shape index (κ3) is 2.78. The lowest BCUT2D eigenvalue weighted by Crippen LogP contribution is -2.33.